The van der Waals surface area contributed by atoms with Crippen molar-refractivity contribution in [3.8, 4) is 0 Å². The number of anilines is 1. The van der Waals surface area contributed by atoms with Gasteiger partial charge in [0, 0.05) is 0 Å². The molecule has 7 heteroatoms. The molecule has 21 heavy (non-hydrogen) atoms. The van der Waals surface area contributed by atoms with Crippen LogP contribution in [0.4, 0.5) is 23.2 Å². The van der Waals surface area contributed by atoms with E-state index in [0.717, 1.165) is 30.3 Å². The molecule has 0 aliphatic rings. The van der Waals surface area contributed by atoms with Crippen LogP contribution < -0.4 is 10.9 Å². The highest BCUT2D eigenvalue weighted by molar-refractivity contribution is 5.95. The van der Waals surface area contributed by atoms with Crippen molar-refractivity contribution in [1.29, 1.82) is 0 Å². The highest BCUT2D eigenvalue weighted by Crippen LogP contribution is 2.29. The van der Waals surface area contributed by atoms with Gasteiger partial charge in [0.2, 0.25) is 0 Å². The van der Waals surface area contributed by atoms with Gasteiger partial charge in [-0.05, 0) is 36.4 Å². The van der Waals surface area contributed by atoms with E-state index in [1.807, 2.05) is 0 Å². The molecular weight excluding hydrogens is 288 g/mol. The van der Waals surface area contributed by atoms with Gasteiger partial charge in [-0.3, -0.25) is 15.6 Å². The number of amides is 1. The Kier molecular flexibility index (Phi) is 4.11. The van der Waals surface area contributed by atoms with Crippen LogP contribution in [0.3, 0.4) is 0 Å². The highest BCUT2D eigenvalue weighted by Gasteiger charge is 2.29. The number of carbonyl (C=O) groups is 1. The number of carbonyl (C=O) groups excluding carboxylic acids is 1. The smallest absolute Gasteiger partial charge is 0.298 e. The number of alkyl halides is 3. The molecule has 0 fully saturated rings. The zero-order chi connectivity index (χ0) is 15.5. The molecule has 2 aromatic rings. The normalized spacial score (nSPS) is 11.0. The van der Waals surface area contributed by atoms with Gasteiger partial charge in [-0.15, -0.1) is 0 Å². The average Bonchev–Trinajstić information content (AvgIpc) is 2.45. The Hall–Kier alpha value is -2.57. The third kappa shape index (κ3) is 3.71. The van der Waals surface area contributed by atoms with Crippen LogP contribution in [0.25, 0.3) is 0 Å². The van der Waals surface area contributed by atoms with Crippen molar-refractivity contribution in [3.63, 3.8) is 0 Å². The Labute approximate surface area is 117 Å². The molecule has 0 spiro atoms. The fourth-order valence-electron chi connectivity index (χ4n) is 1.58. The van der Waals surface area contributed by atoms with Crippen molar-refractivity contribution in [2.24, 2.45) is 0 Å². The zero-order valence-electron chi connectivity index (χ0n) is 10.5. The maximum Gasteiger partial charge on any atom is 0.416 e. The summed E-state index contributed by atoms with van der Waals surface area (Å²) >= 11 is 0. The quantitative estimate of drug-likeness (QED) is 0.671. The van der Waals surface area contributed by atoms with Crippen molar-refractivity contribution in [1.82, 2.24) is 5.43 Å². The van der Waals surface area contributed by atoms with Crippen LogP contribution in [-0.2, 0) is 6.18 Å². The first-order chi connectivity index (χ1) is 9.88. The van der Waals surface area contributed by atoms with Gasteiger partial charge < -0.3 is 0 Å². The monoisotopic (exact) mass is 298 g/mol. The molecule has 0 bridgehead atoms. The second-order valence-corrected chi connectivity index (χ2v) is 4.13. The molecule has 0 saturated heterocycles. The Bertz CT molecular complexity index is 638. The van der Waals surface area contributed by atoms with E-state index in [1.165, 1.54) is 18.2 Å². The Morgan fingerprint density at radius 2 is 1.57 bits per heavy atom. The summed E-state index contributed by atoms with van der Waals surface area (Å²) in [5.74, 6) is -1.42. The fourth-order valence-corrected chi connectivity index (χ4v) is 1.58. The third-order valence-electron chi connectivity index (χ3n) is 2.65. The van der Waals surface area contributed by atoms with Gasteiger partial charge in [-0.2, -0.15) is 13.2 Å². The first-order valence-corrected chi connectivity index (χ1v) is 5.86. The minimum atomic E-state index is -4.42. The lowest BCUT2D eigenvalue weighted by Gasteiger charge is -2.11. The van der Waals surface area contributed by atoms with Crippen LogP contribution in [0.5, 0.6) is 0 Å². The standard InChI is InChI=1S/C14H10F4N2O/c15-12-4-2-1-3-11(12)13(21)20-19-10-7-5-9(6-8-10)14(16,17)18/h1-8,19H,(H,20,21). The fraction of sp³-hybridized carbons (Fsp3) is 0.0714. The topological polar surface area (TPSA) is 41.1 Å². The lowest BCUT2D eigenvalue weighted by Crippen LogP contribution is -2.30. The molecule has 0 aliphatic carbocycles. The Balaban J connectivity index is 2.00. The van der Waals surface area contributed by atoms with E-state index in [0.29, 0.717) is 0 Å². The summed E-state index contributed by atoms with van der Waals surface area (Å²) in [4.78, 5) is 11.7. The molecule has 0 aliphatic heterocycles. The molecule has 110 valence electrons. The number of rotatable bonds is 3. The molecule has 0 heterocycles. The molecule has 0 saturated carbocycles. The largest absolute Gasteiger partial charge is 0.416 e. The van der Waals surface area contributed by atoms with Crippen LogP contribution >= 0.6 is 0 Å². The van der Waals surface area contributed by atoms with Crippen molar-refractivity contribution >= 4 is 11.6 Å². The maximum absolute atomic E-state index is 13.3. The van der Waals surface area contributed by atoms with Crippen LogP contribution in [0.1, 0.15) is 15.9 Å². The number of hydrogen-bond acceptors (Lipinski definition) is 2. The lowest BCUT2D eigenvalue weighted by atomic mass is 10.2. The molecular formula is C14H10F4N2O. The minimum Gasteiger partial charge on any atom is -0.298 e. The van der Waals surface area contributed by atoms with E-state index < -0.39 is 23.5 Å². The summed E-state index contributed by atoms with van der Waals surface area (Å²) in [7, 11) is 0. The second-order valence-electron chi connectivity index (χ2n) is 4.13. The highest BCUT2D eigenvalue weighted by atomic mass is 19.4. The van der Waals surface area contributed by atoms with Gasteiger partial charge in [-0.25, -0.2) is 4.39 Å². The maximum atomic E-state index is 13.3. The summed E-state index contributed by atoms with van der Waals surface area (Å²) in [6.45, 7) is 0. The van der Waals surface area contributed by atoms with Gasteiger partial charge in [0.1, 0.15) is 5.82 Å². The Morgan fingerprint density at radius 1 is 0.952 bits per heavy atom. The molecule has 2 N–H and O–H groups in total. The second kappa shape index (κ2) is 5.82. The molecule has 3 nitrogen and oxygen atoms in total. The summed E-state index contributed by atoms with van der Waals surface area (Å²) in [6, 6.07) is 9.42. The van der Waals surface area contributed by atoms with Crippen LogP contribution in [0.2, 0.25) is 0 Å². The predicted molar refractivity (Wildman–Crippen MR) is 68.9 cm³/mol. The Morgan fingerprint density at radius 3 is 2.14 bits per heavy atom. The van der Waals surface area contributed by atoms with E-state index in [1.54, 1.807) is 0 Å². The molecule has 0 aromatic heterocycles. The van der Waals surface area contributed by atoms with E-state index in [2.05, 4.69) is 10.9 Å². The molecule has 0 atom stereocenters. The van der Waals surface area contributed by atoms with Crippen LogP contribution in [-0.4, -0.2) is 5.91 Å². The number of hydrogen-bond donors (Lipinski definition) is 2. The van der Waals surface area contributed by atoms with E-state index in [4.69, 9.17) is 0 Å². The van der Waals surface area contributed by atoms with Gasteiger partial charge in [0.15, 0.2) is 0 Å². The number of hydrazine groups is 1. The van der Waals surface area contributed by atoms with Crippen molar-refractivity contribution in [2.45, 2.75) is 6.18 Å². The SMILES string of the molecule is O=C(NNc1ccc(C(F)(F)F)cc1)c1ccccc1F. The number of nitrogens with one attached hydrogen (secondary N) is 2. The van der Waals surface area contributed by atoms with E-state index in [9.17, 15) is 22.4 Å². The van der Waals surface area contributed by atoms with Gasteiger partial charge in [0.05, 0.1) is 16.8 Å². The molecule has 0 unspecified atom stereocenters. The first-order valence-electron chi connectivity index (χ1n) is 5.86. The minimum absolute atomic E-state index is 0.170. The predicted octanol–water partition coefficient (Wildman–Crippen LogP) is 3.60. The van der Waals surface area contributed by atoms with Crippen molar-refractivity contribution < 1.29 is 22.4 Å². The lowest BCUT2D eigenvalue weighted by molar-refractivity contribution is -0.137. The van der Waals surface area contributed by atoms with E-state index >= 15 is 0 Å². The van der Waals surface area contributed by atoms with Gasteiger partial charge >= 0.3 is 6.18 Å². The first kappa shape index (κ1) is 14.8. The van der Waals surface area contributed by atoms with Crippen molar-refractivity contribution in [3.05, 3.63) is 65.5 Å². The summed E-state index contributed by atoms with van der Waals surface area (Å²) in [5.41, 5.74) is 3.90. The summed E-state index contributed by atoms with van der Waals surface area (Å²) < 4.78 is 50.4. The number of benzene rings is 2. The molecule has 2 rings (SSSR count). The molecule has 0 radical (unpaired) electrons. The summed E-state index contributed by atoms with van der Waals surface area (Å²) in [5, 5.41) is 0. The zero-order valence-corrected chi connectivity index (χ0v) is 10.5. The van der Waals surface area contributed by atoms with Crippen LogP contribution in [0.15, 0.2) is 48.5 Å². The van der Waals surface area contributed by atoms with Gasteiger partial charge in [0.25, 0.3) is 5.91 Å². The summed E-state index contributed by atoms with van der Waals surface area (Å²) in [6.07, 6.45) is -4.42. The van der Waals surface area contributed by atoms with E-state index in [-0.39, 0.29) is 11.3 Å². The van der Waals surface area contributed by atoms with Crippen molar-refractivity contribution in [2.75, 3.05) is 5.43 Å². The third-order valence-corrected chi connectivity index (χ3v) is 2.65. The molecule has 1 amide bonds. The molecule has 2 aromatic carbocycles. The number of halogens is 4. The van der Waals surface area contributed by atoms with Gasteiger partial charge in [-0.1, -0.05) is 12.1 Å². The van der Waals surface area contributed by atoms with Crippen LogP contribution in [0, 0.1) is 5.82 Å². The average molecular weight is 298 g/mol.